The summed E-state index contributed by atoms with van der Waals surface area (Å²) in [5, 5.41) is 9.31. The standard InChI is InChI=1S/C24H38F2N6O4/c1-15(14-35-21(25)26)28-22-27-12-18(19(31-22)29-16-8-6-5-7-9-16)20(33)30-17-10-11-32(13-17)23(34)36-24(2,3)4/h12,15-17,21H,5-11,13-14H2,1-4H3,(H,30,33)(H2,27,28,29,31)/t15-,17-/m0/s1. The third-order valence-corrected chi connectivity index (χ3v) is 6.00. The third kappa shape index (κ3) is 8.72. The highest BCUT2D eigenvalue weighted by Crippen LogP contribution is 2.24. The number of carbonyl (C=O) groups excluding carboxylic acids is 2. The molecule has 2 atom stereocenters. The second-order valence-electron chi connectivity index (χ2n) is 10.5. The van der Waals surface area contributed by atoms with Gasteiger partial charge in [0.25, 0.3) is 5.91 Å². The summed E-state index contributed by atoms with van der Waals surface area (Å²) in [5.74, 6) is 0.262. The predicted molar refractivity (Wildman–Crippen MR) is 131 cm³/mol. The van der Waals surface area contributed by atoms with Crippen molar-refractivity contribution in [2.45, 2.75) is 96.6 Å². The van der Waals surface area contributed by atoms with Gasteiger partial charge in [0.1, 0.15) is 17.0 Å². The molecule has 36 heavy (non-hydrogen) atoms. The van der Waals surface area contributed by atoms with Crippen molar-refractivity contribution in [2.24, 2.45) is 0 Å². The van der Waals surface area contributed by atoms with E-state index in [4.69, 9.17) is 4.74 Å². The molecule has 10 nitrogen and oxygen atoms in total. The molecule has 0 radical (unpaired) electrons. The number of nitrogens with one attached hydrogen (secondary N) is 3. The number of ether oxygens (including phenoxy) is 2. The van der Waals surface area contributed by atoms with Crippen LogP contribution in [0.5, 0.6) is 0 Å². The normalized spacial score (nSPS) is 19.8. The van der Waals surface area contributed by atoms with Crippen LogP contribution in [-0.4, -0.2) is 76.9 Å². The molecule has 1 aromatic heterocycles. The minimum atomic E-state index is -2.86. The molecule has 2 aliphatic rings. The molecule has 3 rings (SSSR count). The number of hydrogen-bond donors (Lipinski definition) is 3. The first-order chi connectivity index (χ1) is 17.0. The number of hydrogen-bond acceptors (Lipinski definition) is 8. The highest BCUT2D eigenvalue weighted by molar-refractivity contribution is 5.99. The summed E-state index contributed by atoms with van der Waals surface area (Å²) >= 11 is 0. The average molecular weight is 513 g/mol. The van der Waals surface area contributed by atoms with E-state index in [9.17, 15) is 18.4 Å². The minimum Gasteiger partial charge on any atom is -0.444 e. The summed E-state index contributed by atoms with van der Waals surface area (Å²) in [6.45, 7) is 4.89. The number of anilines is 2. The lowest BCUT2D eigenvalue weighted by molar-refractivity contribution is -0.130. The van der Waals surface area contributed by atoms with Crippen LogP contribution in [0.4, 0.5) is 25.3 Å². The Morgan fingerprint density at radius 2 is 1.89 bits per heavy atom. The van der Waals surface area contributed by atoms with Crippen LogP contribution in [0.3, 0.4) is 0 Å². The summed E-state index contributed by atoms with van der Waals surface area (Å²) in [7, 11) is 0. The molecular weight excluding hydrogens is 474 g/mol. The molecule has 1 aromatic rings. The molecule has 2 amide bonds. The Hall–Kier alpha value is -2.76. The van der Waals surface area contributed by atoms with Crippen molar-refractivity contribution in [3.63, 3.8) is 0 Å². The maximum atomic E-state index is 13.2. The van der Waals surface area contributed by atoms with Gasteiger partial charge in [-0.15, -0.1) is 0 Å². The number of carbonyl (C=O) groups is 2. The van der Waals surface area contributed by atoms with Crippen molar-refractivity contribution in [3.8, 4) is 0 Å². The number of aromatic nitrogens is 2. The molecule has 1 saturated carbocycles. The molecule has 0 bridgehead atoms. The summed E-state index contributed by atoms with van der Waals surface area (Å²) < 4.78 is 34.5. The largest absolute Gasteiger partial charge is 0.444 e. The molecule has 1 saturated heterocycles. The van der Waals surface area contributed by atoms with Crippen LogP contribution in [0.2, 0.25) is 0 Å². The molecule has 1 aliphatic heterocycles. The lowest BCUT2D eigenvalue weighted by atomic mass is 9.95. The fraction of sp³-hybridized carbons (Fsp3) is 0.750. The fourth-order valence-electron chi connectivity index (χ4n) is 4.28. The van der Waals surface area contributed by atoms with Crippen molar-refractivity contribution in [1.82, 2.24) is 20.2 Å². The van der Waals surface area contributed by atoms with Crippen LogP contribution in [-0.2, 0) is 9.47 Å². The smallest absolute Gasteiger partial charge is 0.410 e. The Morgan fingerprint density at radius 1 is 1.17 bits per heavy atom. The van der Waals surface area contributed by atoms with Gasteiger partial charge in [0.2, 0.25) is 5.95 Å². The van der Waals surface area contributed by atoms with E-state index >= 15 is 0 Å². The fourth-order valence-corrected chi connectivity index (χ4v) is 4.28. The first-order valence-corrected chi connectivity index (χ1v) is 12.6. The van der Waals surface area contributed by atoms with E-state index in [0.717, 1.165) is 25.7 Å². The Balaban J connectivity index is 1.67. The number of nitrogens with zero attached hydrogens (tertiary/aromatic N) is 3. The zero-order valence-electron chi connectivity index (χ0n) is 21.5. The monoisotopic (exact) mass is 512 g/mol. The van der Waals surface area contributed by atoms with E-state index < -0.39 is 24.3 Å². The van der Waals surface area contributed by atoms with Gasteiger partial charge in [-0.3, -0.25) is 4.79 Å². The van der Waals surface area contributed by atoms with Gasteiger partial charge in [0, 0.05) is 37.4 Å². The first kappa shape index (κ1) is 27.8. The lowest BCUT2D eigenvalue weighted by Gasteiger charge is -2.25. The average Bonchev–Trinajstić information content (AvgIpc) is 3.26. The van der Waals surface area contributed by atoms with Crippen molar-refractivity contribution < 1.29 is 27.8 Å². The van der Waals surface area contributed by atoms with E-state index in [1.54, 1.807) is 11.8 Å². The van der Waals surface area contributed by atoms with E-state index in [1.165, 1.54) is 12.6 Å². The van der Waals surface area contributed by atoms with Gasteiger partial charge in [-0.1, -0.05) is 19.3 Å². The number of likely N-dealkylation sites (tertiary alicyclic amines) is 1. The van der Waals surface area contributed by atoms with Crippen LogP contribution in [0.25, 0.3) is 0 Å². The number of rotatable bonds is 9. The maximum absolute atomic E-state index is 13.2. The zero-order valence-corrected chi connectivity index (χ0v) is 21.5. The summed E-state index contributed by atoms with van der Waals surface area (Å²) in [5.41, 5.74) is -0.299. The Morgan fingerprint density at radius 3 is 2.56 bits per heavy atom. The number of alkyl halides is 2. The summed E-state index contributed by atoms with van der Waals surface area (Å²) in [6.07, 6.45) is 6.96. The highest BCUT2D eigenvalue weighted by Gasteiger charge is 2.31. The second-order valence-corrected chi connectivity index (χ2v) is 10.5. The second kappa shape index (κ2) is 12.5. The van der Waals surface area contributed by atoms with Gasteiger partial charge in [0.05, 0.1) is 6.61 Å². The van der Waals surface area contributed by atoms with E-state index in [1.807, 2.05) is 20.8 Å². The van der Waals surface area contributed by atoms with Crippen LogP contribution < -0.4 is 16.0 Å². The Bertz CT molecular complexity index is 892. The third-order valence-electron chi connectivity index (χ3n) is 6.00. The minimum absolute atomic E-state index is 0.182. The van der Waals surface area contributed by atoms with Gasteiger partial charge < -0.3 is 30.3 Å². The van der Waals surface area contributed by atoms with Crippen molar-refractivity contribution >= 4 is 23.8 Å². The molecule has 0 unspecified atom stereocenters. The van der Waals surface area contributed by atoms with Crippen molar-refractivity contribution in [3.05, 3.63) is 11.8 Å². The number of halogens is 2. The van der Waals surface area contributed by atoms with Gasteiger partial charge in [-0.25, -0.2) is 9.78 Å². The molecule has 2 heterocycles. The van der Waals surface area contributed by atoms with Crippen molar-refractivity contribution in [2.75, 3.05) is 30.3 Å². The molecule has 2 fully saturated rings. The molecule has 1 aliphatic carbocycles. The maximum Gasteiger partial charge on any atom is 0.410 e. The van der Waals surface area contributed by atoms with Gasteiger partial charge >= 0.3 is 12.7 Å². The molecule has 3 N–H and O–H groups in total. The van der Waals surface area contributed by atoms with Crippen LogP contribution in [0, 0.1) is 0 Å². The molecule has 0 spiro atoms. The quantitative estimate of drug-likeness (QED) is 0.455. The van der Waals surface area contributed by atoms with E-state index in [0.29, 0.717) is 30.9 Å². The summed E-state index contributed by atoms with van der Waals surface area (Å²) in [6, 6.07) is -0.503. The molecule has 202 valence electrons. The predicted octanol–water partition coefficient (Wildman–Crippen LogP) is 4.00. The summed E-state index contributed by atoms with van der Waals surface area (Å²) in [4.78, 5) is 35.8. The van der Waals surface area contributed by atoms with E-state index in [2.05, 4.69) is 30.7 Å². The van der Waals surface area contributed by atoms with E-state index in [-0.39, 0.29) is 30.5 Å². The first-order valence-electron chi connectivity index (χ1n) is 12.6. The highest BCUT2D eigenvalue weighted by atomic mass is 19.3. The van der Waals surface area contributed by atoms with Crippen LogP contribution in [0.15, 0.2) is 6.20 Å². The molecule has 0 aromatic carbocycles. The Labute approximate surface area is 210 Å². The van der Waals surface area contributed by atoms with Gasteiger partial charge in [-0.05, 0) is 47.0 Å². The zero-order chi connectivity index (χ0) is 26.3. The lowest BCUT2D eigenvalue weighted by Crippen LogP contribution is -2.40. The number of amides is 2. The van der Waals surface area contributed by atoms with Gasteiger partial charge in [-0.2, -0.15) is 13.8 Å². The SMILES string of the molecule is C[C@@H](COC(F)F)Nc1ncc(C(=O)N[C@H]2CCN(C(=O)OC(C)(C)C)C2)c(NC2CCCCC2)n1. The van der Waals surface area contributed by atoms with Gasteiger partial charge in [0.15, 0.2) is 0 Å². The van der Waals surface area contributed by atoms with Crippen LogP contribution in [0.1, 0.15) is 76.6 Å². The molecule has 12 heteroatoms. The topological polar surface area (TPSA) is 118 Å². The molecular formula is C24H38F2N6O4. The Kier molecular flexibility index (Phi) is 9.63. The van der Waals surface area contributed by atoms with Crippen LogP contribution >= 0.6 is 0 Å². The van der Waals surface area contributed by atoms with Crippen molar-refractivity contribution in [1.29, 1.82) is 0 Å².